The fourth-order valence-electron chi connectivity index (χ4n) is 3.64. The zero-order valence-electron chi connectivity index (χ0n) is 15.0. The summed E-state index contributed by atoms with van der Waals surface area (Å²) in [5.41, 5.74) is 2.61. The van der Waals surface area contributed by atoms with E-state index in [1.54, 1.807) is 10.9 Å². The topological polar surface area (TPSA) is 96.3 Å². The van der Waals surface area contributed by atoms with Gasteiger partial charge < -0.3 is 5.32 Å². The van der Waals surface area contributed by atoms with Crippen LogP contribution >= 0.6 is 0 Å². The highest BCUT2D eigenvalue weighted by atomic mass is 16.2. The van der Waals surface area contributed by atoms with E-state index in [1.165, 1.54) is 6.20 Å². The number of nitrogens with one attached hydrogen (secondary N) is 2. The molecule has 8 heteroatoms. The van der Waals surface area contributed by atoms with E-state index in [9.17, 15) is 14.4 Å². The minimum Gasteiger partial charge on any atom is -0.322 e. The van der Waals surface area contributed by atoms with Crippen LogP contribution in [0.1, 0.15) is 43.0 Å². The van der Waals surface area contributed by atoms with Crippen LogP contribution in [0.5, 0.6) is 0 Å². The van der Waals surface area contributed by atoms with Crippen LogP contribution in [-0.2, 0) is 4.79 Å². The van der Waals surface area contributed by atoms with Crippen LogP contribution in [0.4, 0.5) is 4.79 Å². The average Bonchev–Trinajstić information content (AvgIpc) is 3.25. The van der Waals surface area contributed by atoms with E-state index in [0.29, 0.717) is 18.8 Å². The SMILES string of the molecule is CC1CCC2(CC1)NC(=O)N(NC(=O)c1cnn(-c3ccccc3)c1)C2=O. The minimum atomic E-state index is -0.884. The first kappa shape index (κ1) is 17.3. The van der Waals surface area contributed by atoms with Crippen molar-refractivity contribution in [3.05, 3.63) is 48.3 Å². The summed E-state index contributed by atoms with van der Waals surface area (Å²) in [4.78, 5) is 37.6. The molecule has 2 fully saturated rings. The summed E-state index contributed by atoms with van der Waals surface area (Å²) in [5.74, 6) is -0.405. The predicted molar refractivity (Wildman–Crippen MR) is 96.8 cm³/mol. The number of hydrogen-bond donors (Lipinski definition) is 2. The number of urea groups is 1. The molecule has 2 aliphatic rings. The van der Waals surface area contributed by atoms with Crippen molar-refractivity contribution in [2.45, 2.75) is 38.1 Å². The molecular weight excluding hydrogens is 346 g/mol. The van der Waals surface area contributed by atoms with Gasteiger partial charge in [-0.3, -0.25) is 15.0 Å². The zero-order chi connectivity index (χ0) is 19.0. The van der Waals surface area contributed by atoms with Crippen molar-refractivity contribution in [2.75, 3.05) is 0 Å². The smallest absolute Gasteiger partial charge is 0.322 e. The summed E-state index contributed by atoms with van der Waals surface area (Å²) < 4.78 is 1.56. The van der Waals surface area contributed by atoms with Gasteiger partial charge in [-0.25, -0.2) is 9.48 Å². The molecule has 1 aromatic heterocycles. The number of nitrogens with zero attached hydrogens (tertiary/aromatic N) is 3. The molecule has 4 amide bonds. The molecule has 4 rings (SSSR count). The molecule has 0 atom stereocenters. The van der Waals surface area contributed by atoms with Crippen LogP contribution in [0.25, 0.3) is 5.69 Å². The molecule has 8 nitrogen and oxygen atoms in total. The first-order valence-electron chi connectivity index (χ1n) is 9.06. The van der Waals surface area contributed by atoms with Crippen molar-refractivity contribution in [3.63, 3.8) is 0 Å². The molecule has 1 aliphatic heterocycles. The molecule has 2 aromatic rings. The third kappa shape index (κ3) is 3.07. The summed E-state index contributed by atoms with van der Waals surface area (Å²) >= 11 is 0. The van der Waals surface area contributed by atoms with Crippen molar-refractivity contribution in [1.82, 2.24) is 25.5 Å². The molecule has 140 valence electrons. The largest absolute Gasteiger partial charge is 0.344 e. The molecule has 2 N–H and O–H groups in total. The van der Waals surface area contributed by atoms with Crippen molar-refractivity contribution < 1.29 is 14.4 Å². The molecule has 0 radical (unpaired) electrons. The highest BCUT2D eigenvalue weighted by molar-refractivity contribution is 6.09. The molecule has 27 heavy (non-hydrogen) atoms. The average molecular weight is 367 g/mol. The highest BCUT2D eigenvalue weighted by Gasteiger charge is 2.52. The fourth-order valence-corrected chi connectivity index (χ4v) is 3.64. The van der Waals surface area contributed by atoms with Crippen LogP contribution in [0, 0.1) is 5.92 Å². The summed E-state index contributed by atoms with van der Waals surface area (Å²) in [6, 6.07) is 8.77. The van der Waals surface area contributed by atoms with Crippen LogP contribution in [0.3, 0.4) is 0 Å². The number of imide groups is 1. The first-order valence-corrected chi connectivity index (χ1v) is 9.06. The molecule has 1 spiro atoms. The minimum absolute atomic E-state index is 0.262. The van der Waals surface area contributed by atoms with E-state index < -0.39 is 17.5 Å². The molecular formula is C19H21N5O3. The van der Waals surface area contributed by atoms with Crippen molar-refractivity contribution in [3.8, 4) is 5.69 Å². The highest BCUT2D eigenvalue weighted by Crippen LogP contribution is 2.35. The molecule has 1 saturated carbocycles. The number of carbonyl (C=O) groups excluding carboxylic acids is 3. The van der Waals surface area contributed by atoms with Crippen molar-refractivity contribution in [2.24, 2.45) is 5.92 Å². The second-order valence-electron chi connectivity index (χ2n) is 7.29. The molecule has 1 aromatic carbocycles. The van der Waals surface area contributed by atoms with Gasteiger partial charge in [-0.15, -0.1) is 0 Å². The molecule has 0 bridgehead atoms. The monoisotopic (exact) mass is 367 g/mol. The molecule has 0 unspecified atom stereocenters. The first-order chi connectivity index (χ1) is 13.0. The number of hydrazine groups is 1. The van der Waals surface area contributed by atoms with Crippen LogP contribution < -0.4 is 10.7 Å². The van der Waals surface area contributed by atoms with E-state index in [0.717, 1.165) is 23.5 Å². The lowest BCUT2D eigenvalue weighted by Gasteiger charge is -2.33. The van der Waals surface area contributed by atoms with Crippen LogP contribution in [0.2, 0.25) is 0 Å². The number of amides is 4. The normalized spacial score (nSPS) is 24.9. The van der Waals surface area contributed by atoms with Crippen LogP contribution in [0.15, 0.2) is 42.7 Å². The Labute approximate surface area is 156 Å². The van der Waals surface area contributed by atoms with E-state index >= 15 is 0 Å². The number of rotatable bonds is 3. The van der Waals surface area contributed by atoms with Gasteiger partial charge in [-0.1, -0.05) is 25.1 Å². The van der Waals surface area contributed by atoms with Gasteiger partial charge in [0.1, 0.15) is 5.54 Å². The number of aromatic nitrogens is 2. The maximum absolute atomic E-state index is 12.8. The number of hydrogen-bond acceptors (Lipinski definition) is 4. The van der Waals surface area contributed by atoms with E-state index in [2.05, 4.69) is 22.8 Å². The van der Waals surface area contributed by atoms with Gasteiger partial charge in [0.25, 0.3) is 11.8 Å². The lowest BCUT2D eigenvalue weighted by Crippen LogP contribution is -2.51. The van der Waals surface area contributed by atoms with Gasteiger partial charge in [0.05, 0.1) is 17.4 Å². The predicted octanol–water partition coefficient (Wildman–Crippen LogP) is 2.02. The lowest BCUT2D eigenvalue weighted by molar-refractivity contribution is -0.134. The van der Waals surface area contributed by atoms with Gasteiger partial charge in [0.2, 0.25) is 0 Å². The summed E-state index contributed by atoms with van der Waals surface area (Å²) in [6.07, 6.45) is 5.89. The Morgan fingerprint density at radius 1 is 1.22 bits per heavy atom. The fraction of sp³-hybridized carbons (Fsp3) is 0.368. The number of para-hydroxylation sites is 1. The van der Waals surface area contributed by atoms with Crippen molar-refractivity contribution >= 4 is 17.8 Å². The summed E-state index contributed by atoms with van der Waals surface area (Å²) in [6.45, 7) is 2.14. The van der Waals surface area contributed by atoms with Crippen molar-refractivity contribution in [1.29, 1.82) is 0 Å². The van der Waals surface area contributed by atoms with Gasteiger partial charge in [0, 0.05) is 6.20 Å². The van der Waals surface area contributed by atoms with Gasteiger partial charge in [-0.05, 0) is 43.7 Å². The second kappa shape index (κ2) is 6.53. The van der Waals surface area contributed by atoms with Gasteiger partial charge in [0.15, 0.2) is 0 Å². The van der Waals surface area contributed by atoms with Gasteiger partial charge >= 0.3 is 6.03 Å². The number of benzene rings is 1. The standard InChI is InChI=1S/C19H21N5O3/c1-13-7-9-19(10-8-13)17(26)24(18(27)21-19)22-16(25)14-11-20-23(12-14)15-5-3-2-4-6-15/h2-6,11-13H,7-10H2,1H3,(H,21,27)(H,22,25). The summed E-state index contributed by atoms with van der Waals surface area (Å²) in [7, 11) is 0. The zero-order valence-corrected chi connectivity index (χ0v) is 15.0. The molecule has 1 saturated heterocycles. The Balaban J connectivity index is 1.48. The summed E-state index contributed by atoms with van der Waals surface area (Å²) in [5, 5.41) is 7.75. The maximum atomic E-state index is 12.8. The lowest BCUT2D eigenvalue weighted by atomic mass is 9.77. The molecule has 2 heterocycles. The Morgan fingerprint density at radius 2 is 1.93 bits per heavy atom. The Morgan fingerprint density at radius 3 is 2.63 bits per heavy atom. The van der Waals surface area contributed by atoms with Crippen LogP contribution in [-0.4, -0.2) is 38.2 Å². The van der Waals surface area contributed by atoms with E-state index in [4.69, 9.17) is 0 Å². The second-order valence-corrected chi connectivity index (χ2v) is 7.29. The Kier molecular flexibility index (Phi) is 4.18. The Bertz CT molecular complexity index is 884. The third-order valence-electron chi connectivity index (χ3n) is 5.37. The van der Waals surface area contributed by atoms with E-state index in [1.807, 2.05) is 30.3 Å². The maximum Gasteiger partial charge on any atom is 0.344 e. The van der Waals surface area contributed by atoms with E-state index in [-0.39, 0.29) is 11.5 Å². The molecule has 1 aliphatic carbocycles. The van der Waals surface area contributed by atoms with Gasteiger partial charge in [-0.2, -0.15) is 10.1 Å². The third-order valence-corrected chi connectivity index (χ3v) is 5.37. The quantitative estimate of drug-likeness (QED) is 0.811. The Hall–Kier alpha value is -3.16. The number of carbonyl (C=O) groups is 3.